The van der Waals surface area contributed by atoms with E-state index in [0.29, 0.717) is 25.4 Å². The van der Waals surface area contributed by atoms with Crippen molar-refractivity contribution in [1.82, 2.24) is 4.90 Å². The molecule has 2 rings (SSSR count). The van der Waals surface area contributed by atoms with Gasteiger partial charge in [-0.05, 0) is 24.6 Å². The maximum Gasteiger partial charge on any atom is 0.224 e. The molecule has 1 aliphatic heterocycles. The van der Waals surface area contributed by atoms with Gasteiger partial charge in [0.05, 0.1) is 19.8 Å². The molecule has 0 aliphatic carbocycles. The van der Waals surface area contributed by atoms with Gasteiger partial charge in [-0.25, -0.2) is 0 Å². The molecule has 1 heterocycles. The summed E-state index contributed by atoms with van der Waals surface area (Å²) in [6.45, 7) is 3.55. The van der Waals surface area contributed by atoms with E-state index in [2.05, 4.69) is 0 Å². The Kier molecular flexibility index (Phi) is 5.76. The van der Waals surface area contributed by atoms with E-state index in [1.165, 1.54) is 0 Å². The molecule has 1 amide bonds. The van der Waals surface area contributed by atoms with E-state index in [1.807, 2.05) is 31.2 Å². The number of aryl methyl sites for hydroxylation is 1. The van der Waals surface area contributed by atoms with Crippen LogP contribution >= 0.6 is 0 Å². The van der Waals surface area contributed by atoms with Gasteiger partial charge in [0, 0.05) is 19.5 Å². The number of benzene rings is 1. The number of hydrogen-bond acceptors (Lipinski definition) is 5. The Morgan fingerprint density at radius 3 is 3.09 bits per heavy atom. The van der Waals surface area contributed by atoms with E-state index in [1.54, 1.807) is 4.90 Å². The van der Waals surface area contributed by atoms with Crippen LogP contribution in [0.4, 0.5) is 0 Å². The summed E-state index contributed by atoms with van der Waals surface area (Å²) in [5, 5.41) is 10.7. The van der Waals surface area contributed by atoms with Gasteiger partial charge in [-0.2, -0.15) is 0 Å². The molecule has 0 saturated carbocycles. The number of nitrogens with zero attached hydrogens (tertiary/aromatic N) is 1. The molecule has 6 heteroatoms. The largest absolute Gasteiger partial charge is 0.490 e. The lowest BCUT2D eigenvalue weighted by Gasteiger charge is -2.30. The van der Waals surface area contributed by atoms with Crippen LogP contribution in [-0.4, -0.2) is 61.0 Å². The lowest BCUT2D eigenvalue weighted by atomic mass is 10.1. The second kappa shape index (κ2) is 7.58. The third kappa shape index (κ3) is 4.69. The summed E-state index contributed by atoms with van der Waals surface area (Å²) in [6, 6.07) is 7.61. The molecule has 1 atom stereocenters. The third-order valence-corrected chi connectivity index (χ3v) is 3.57. The van der Waals surface area contributed by atoms with Gasteiger partial charge in [0.2, 0.25) is 5.91 Å². The zero-order chi connectivity index (χ0) is 16.0. The average Bonchev–Trinajstić information content (AvgIpc) is 2.68. The summed E-state index contributed by atoms with van der Waals surface area (Å²) in [7, 11) is 0. The van der Waals surface area contributed by atoms with Crippen molar-refractivity contribution in [3.05, 3.63) is 29.8 Å². The molecule has 1 aromatic carbocycles. The Morgan fingerprint density at radius 1 is 1.55 bits per heavy atom. The van der Waals surface area contributed by atoms with E-state index < -0.39 is 5.60 Å². The molecule has 122 valence electrons. The molecule has 0 aromatic heterocycles. The van der Waals surface area contributed by atoms with Crippen LogP contribution in [0.2, 0.25) is 0 Å². The van der Waals surface area contributed by atoms with Crippen LogP contribution in [0.3, 0.4) is 0 Å². The Morgan fingerprint density at radius 2 is 2.36 bits per heavy atom. The van der Waals surface area contributed by atoms with Crippen molar-refractivity contribution >= 4 is 5.91 Å². The molecule has 1 unspecified atom stereocenters. The van der Waals surface area contributed by atoms with E-state index in [9.17, 15) is 9.90 Å². The predicted octanol–water partition coefficient (Wildman–Crippen LogP) is 0.313. The summed E-state index contributed by atoms with van der Waals surface area (Å²) in [5.74, 6) is 0.625. The predicted molar refractivity (Wildman–Crippen MR) is 82.7 cm³/mol. The molecule has 6 nitrogen and oxygen atoms in total. The first-order chi connectivity index (χ1) is 10.5. The van der Waals surface area contributed by atoms with Gasteiger partial charge in [-0.1, -0.05) is 12.1 Å². The Balaban J connectivity index is 1.98. The van der Waals surface area contributed by atoms with Crippen LogP contribution < -0.4 is 10.5 Å². The van der Waals surface area contributed by atoms with Crippen molar-refractivity contribution in [3.63, 3.8) is 0 Å². The zero-order valence-electron chi connectivity index (χ0n) is 13.0. The first kappa shape index (κ1) is 16.7. The maximum atomic E-state index is 12.0. The number of ether oxygens (including phenoxy) is 2. The number of β-amino-alcohol motifs (C(OH)–C–C–N with tert-alkyl or cyclic N) is 1. The van der Waals surface area contributed by atoms with Crippen molar-refractivity contribution in [2.24, 2.45) is 5.73 Å². The average molecular weight is 308 g/mol. The fourth-order valence-electron chi connectivity index (χ4n) is 2.42. The van der Waals surface area contributed by atoms with Gasteiger partial charge >= 0.3 is 0 Å². The number of amides is 1. The molecule has 1 aliphatic rings. The van der Waals surface area contributed by atoms with Crippen LogP contribution in [-0.2, 0) is 9.53 Å². The van der Waals surface area contributed by atoms with Crippen molar-refractivity contribution in [1.29, 1.82) is 0 Å². The van der Waals surface area contributed by atoms with Crippen LogP contribution in [0, 0.1) is 6.92 Å². The van der Waals surface area contributed by atoms with Crippen LogP contribution in [0.1, 0.15) is 12.0 Å². The molecule has 0 radical (unpaired) electrons. The number of rotatable bonds is 5. The van der Waals surface area contributed by atoms with Gasteiger partial charge in [0.25, 0.3) is 0 Å². The SMILES string of the molecule is Cc1cccc(OCC2(O)COCCN(C(=O)CCN)C2)c1. The normalized spacial score (nSPS) is 22.2. The highest BCUT2D eigenvalue weighted by Crippen LogP contribution is 2.18. The quantitative estimate of drug-likeness (QED) is 0.818. The van der Waals surface area contributed by atoms with Crippen molar-refractivity contribution in [2.45, 2.75) is 18.9 Å². The van der Waals surface area contributed by atoms with Crippen molar-refractivity contribution < 1.29 is 19.4 Å². The summed E-state index contributed by atoms with van der Waals surface area (Å²) in [6.07, 6.45) is 0.273. The zero-order valence-corrected chi connectivity index (χ0v) is 13.0. The second-order valence-electron chi connectivity index (χ2n) is 5.74. The van der Waals surface area contributed by atoms with Crippen molar-refractivity contribution in [2.75, 3.05) is 39.5 Å². The minimum absolute atomic E-state index is 0.0676. The summed E-state index contributed by atoms with van der Waals surface area (Å²) >= 11 is 0. The van der Waals surface area contributed by atoms with Crippen LogP contribution in [0.15, 0.2) is 24.3 Å². The molecule has 22 heavy (non-hydrogen) atoms. The molecule has 0 spiro atoms. The van der Waals surface area contributed by atoms with Crippen LogP contribution in [0.25, 0.3) is 0 Å². The van der Waals surface area contributed by atoms with Gasteiger partial charge in [-0.3, -0.25) is 4.79 Å². The highest BCUT2D eigenvalue weighted by Gasteiger charge is 2.35. The van der Waals surface area contributed by atoms with E-state index in [4.69, 9.17) is 15.2 Å². The van der Waals surface area contributed by atoms with Gasteiger partial charge in [0.15, 0.2) is 0 Å². The minimum Gasteiger partial charge on any atom is -0.490 e. The fraction of sp³-hybridized carbons (Fsp3) is 0.562. The summed E-state index contributed by atoms with van der Waals surface area (Å²) < 4.78 is 11.1. The first-order valence-corrected chi connectivity index (χ1v) is 7.50. The van der Waals surface area contributed by atoms with E-state index in [-0.39, 0.29) is 32.1 Å². The number of nitrogens with two attached hydrogens (primary N) is 1. The van der Waals surface area contributed by atoms with E-state index >= 15 is 0 Å². The number of hydrogen-bond donors (Lipinski definition) is 2. The Hall–Kier alpha value is -1.63. The smallest absolute Gasteiger partial charge is 0.224 e. The number of aliphatic hydroxyl groups is 1. The number of carbonyl (C=O) groups is 1. The lowest BCUT2D eigenvalue weighted by Crippen LogP contribution is -2.50. The first-order valence-electron chi connectivity index (χ1n) is 7.50. The molecular weight excluding hydrogens is 284 g/mol. The summed E-state index contributed by atoms with van der Waals surface area (Å²) in [4.78, 5) is 13.6. The van der Waals surface area contributed by atoms with E-state index in [0.717, 1.165) is 5.56 Å². The minimum atomic E-state index is -1.22. The second-order valence-corrected chi connectivity index (χ2v) is 5.74. The third-order valence-electron chi connectivity index (χ3n) is 3.57. The molecule has 1 fully saturated rings. The van der Waals surface area contributed by atoms with Crippen LogP contribution in [0.5, 0.6) is 5.75 Å². The monoisotopic (exact) mass is 308 g/mol. The topological polar surface area (TPSA) is 85.0 Å². The van der Waals surface area contributed by atoms with Gasteiger partial charge in [0.1, 0.15) is 18.0 Å². The fourth-order valence-corrected chi connectivity index (χ4v) is 2.42. The molecule has 0 bridgehead atoms. The molecule has 1 aromatic rings. The summed E-state index contributed by atoms with van der Waals surface area (Å²) in [5.41, 5.74) is 5.29. The Labute approximate surface area is 130 Å². The Bertz CT molecular complexity index is 509. The standard InChI is InChI=1S/C16H24N2O4/c1-13-3-2-4-14(9-13)22-12-16(20)10-18(7-8-21-11-16)15(19)5-6-17/h2-4,9,20H,5-8,10-12,17H2,1H3. The lowest BCUT2D eigenvalue weighted by molar-refractivity contribution is -0.134. The van der Waals surface area contributed by atoms with Crippen molar-refractivity contribution in [3.8, 4) is 5.75 Å². The highest BCUT2D eigenvalue weighted by atomic mass is 16.5. The highest BCUT2D eigenvalue weighted by molar-refractivity contribution is 5.76. The molecular formula is C16H24N2O4. The van der Waals surface area contributed by atoms with Gasteiger partial charge < -0.3 is 25.2 Å². The number of carbonyl (C=O) groups excluding carboxylic acids is 1. The maximum absolute atomic E-state index is 12.0. The molecule has 3 N–H and O–H groups in total. The van der Waals surface area contributed by atoms with Gasteiger partial charge in [-0.15, -0.1) is 0 Å². The molecule has 1 saturated heterocycles.